The van der Waals surface area contributed by atoms with Gasteiger partial charge >= 0.3 is 0 Å². The highest BCUT2D eigenvalue weighted by molar-refractivity contribution is 5.44. The molecule has 104 valence electrons. The van der Waals surface area contributed by atoms with E-state index < -0.39 is 0 Å². The molecule has 0 aliphatic carbocycles. The molecule has 0 bridgehead atoms. The molecule has 1 N–H and O–H groups in total. The molecule has 1 heterocycles. The topological polar surface area (TPSA) is 30.5 Å². The number of rotatable bonds is 5. The van der Waals surface area contributed by atoms with Crippen molar-refractivity contribution in [2.45, 2.75) is 13.0 Å². The van der Waals surface area contributed by atoms with Crippen LogP contribution < -0.4 is 14.8 Å². The molecule has 0 saturated carbocycles. The number of fused-ring (bicyclic) bond motifs is 1. The molecule has 3 rings (SSSR count). The number of nitrogens with one attached hydrogen (secondary N) is 1. The summed E-state index contributed by atoms with van der Waals surface area (Å²) in [6, 6.07) is 12.6. The Kier molecular flexibility index (Phi) is 3.83. The molecule has 0 aromatic heterocycles. The van der Waals surface area contributed by atoms with Crippen LogP contribution in [0.2, 0.25) is 0 Å². The molecule has 20 heavy (non-hydrogen) atoms. The Morgan fingerprint density at radius 3 is 2.80 bits per heavy atom. The third-order valence-corrected chi connectivity index (χ3v) is 3.25. The van der Waals surface area contributed by atoms with Gasteiger partial charge in [0.1, 0.15) is 5.82 Å². The monoisotopic (exact) mass is 273 g/mol. The summed E-state index contributed by atoms with van der Waals surface area (Å²) in [7, 11) is 0. The van der Waals surface area contributed by atoms with Gasteiger partial charge in [0.05, 0.1) is 0 Å². The molecule has 0 amide bonds. The highest BCUT2D eigenvalue weighted by Gasteiger charge is 2.12. The van der Waals surface area contributed by atoms with Crippen molar-refractivity contribution >= 4 is 0 Å². The van der Waals surface area contributed by atoms with Crippen molar-refractivity contribution in [2.24, 2.45) is 0 Å². The van der Waals surface area contributed by atoms with Crippen LogP contribution in [0.3, 0.4) is 0 Å². The van der Waals surface area contributed by atoms with E-state index in [2.05, 4.69) is 5.32 Å². The summed E-state index contributed by atoms with van der Waals surface area (Å²) >= 11 is 0. The molecule has 0 fully saturated rings. The van der Waals surface area contributed by atoms with E-state index in [1.54, 1.807) is 12.1 Å². The molecule has 3 nitrogen and oxygen atoms in total. The maximum absolute atomic E-state index is 13.0. The molecule has 0 spiro atoms. The highest BCUT2D eigenvalue weighted by atomic mass is 19.1. The molecule has 0 unspecified atom stereocenters. The van der Waals surface area contributed by atoms with Crippen molar-refractivity contribution in [3.8, 4) is 11.5 Å². The largest absolute Gasteiger partial charge is 0.454 e. The Bertz CT molecular complexity index is 601. The number of ether oxygens (including phenoxy) is 2. The lowest BCUT2D eigenvalue weighted by atomic mass is 10.1. The van der Waals surface area contributed by atoms with E-state index >= 15 is 0 Å². The van der Waals surface area contributed by atoms with Gasteiger partial charge in [-0.3, -0.25) is 0 Å². The van der Waals surface area contributed by atoms with Crippen LogP contribution in [-0.2, 0) is 13.0 Å². The molecule has 1 aliphatic rings. The van der Waals surface area contributed by atoms with Gasteiger partial charge in [0.2, 0.25) is 6.79 Å². The van der Waals surface area contributed by atoms with Crippen LogP contribution in [0.25, 0.3) is 0 Å². The smallest absolute Gasteiger partial charge is 0.231 e. The van der Waals surface area contributed by atoms with Gasteiger partial charge in [-0.05, 0) is 48.4 Å². The minimum absolute atomic E-state index is 0.182. The summed E-state index contributed by atoms with van der Waals surface area (Å²) in [5.74, 6) is 1.42. The van der Waals surface area contributed by atoms with Crippen LogP contribution in [0.1, 0.15) is 11.1 Å². The summed E-state index contributed by atoms with van der Waals surface area (Å²) in [5.41, 5.74) is 2.15. The zero-order chi connectivity index (χ0) is 13.8. The predicted octanol–water partition coefficient (Wildman–Crippen LogP) is 2.89. The van der Waals surface area contributed by atoms with E-state index in [1.807, 2.05) is 24.3 Å². The van der Waals surface area contributed by atoms with Crippen molar-refractivity contribution in [1.29, 1.82) is 0 Å². The number of benzene rings is 2. The molecular weight excluding hydrogens is 257 g/mol. The Morgan fingerprint density at radius 2 is 1.90 bits per heavy atom. The summed E-state index contributed by atoms with van der Waals surface area (Å²) in [4.78, 5) is 0. The average Bonchev–Trinajstić information content (AvgIpc) is 2.91. The molecule has 2 aromatic carbocycles. The summed E-state index contributed by atoms with van der Waals surface area (Å²) in [6.45, 7) is 1.86. The normalized spacial score (nSPS) is 12.7. The van der Waals surface area contributed by atoms with Crippen LogP contribution >= 0.6 is 0 Å². The number of halogens is 1. The third kappa shape index (κ3) is 3.08. The van der Waals surface area contributed by atoms with Crippen LogP contribution in [0.5, 0.6) is 11.5 Å². The van der Waals surface area contributed by atoms with Gasteiger partial charge in [0.15, 0.2) is 11.5 Å². The Labute approximate surface area is 117 Å². The molecule has 0 atom stereocenters. The fraction of sp³-hybridized carbons (Fsp3) is 0.250. The first kappa shape index (κ1) is 12.9. The van der Waals surface area contributed by atoms with Gasteiger partial charge < -0.3 is 14.8 Å². The second-order valence-electron chi connectivity index (χ2n) is 4.74. The van der Waals surface area contributed by atoms with Gasteiger partial charge in [-0.2, -0.15) is 0 Å². The van der Waals surface area contributed by atoms with Crippen molar-refractivity contribution in [2.75, 3.05) is 13.3 Å². The maximum atomic E-state index is 13.0. The quantitative estimate of drug-likeness (QED) is 0.850. The molecular formula is C16H16FNO2. The maximum Gasteiger partial charge on any atom is 0.231 e. The van der Waals surface area contributed by atoms with E-state index in [0.29, 0.717) is 6.79 Å². The zero-order valence-corrected chi connectivity index (χ0v) is 11.1. The van der Waals surface area contributed by atoms with Gasteiger partial charge in [-0.1, -0.05) is 18.2 Å². The standard InChI is InChI=1S/C16H16FNO2/c17-14-3-1-2-12(8-14)6-7-18-10-13-4-5-15-16(9-13)20-11-19-15/h1-5,8-9,18H,6-7,10-11H2. The zero-order valence-electron chi connectivity index (χ0n) is 11.1. The first-order chi connectivity index (χ1) is 9.81. The summed E-state index contributed by atoms with van der Waals surface area (Å²) in [6.07, 6.45) is 0.808. The van der Waals surface area contributed by atoms with Gasteiger partial charge in [0, 0.05) is 6.54 Å². The second-order valence-corrected chi connectivity index (χ2v) is 4.74. The SMILES string of the molecule is Fc1cccc(CCNCc2ccc3c(c2)OCO3)c1. The minimum Gasteiger partial charge on any atom is -0.454 e. The van der Waals surface area contributed by atoms with E-state index in [1.165, 1.54) is 6.07 Å². The molecule has 4 heteroatoms. The lowest BCUT2D eigenvalue weighted by Gasteiger charge is -2.06. The van der Waals surface area contributed by atoms with Crippen molar-refractivity contribution < 1.29 is 13.9 Å². The van der Waals surface area contributed by atoms with E-state index in [0.717, 1.165) is 42.1 Å². The highest BCUT2D eigenvalue weighted by Crippen LogP contribution is 2.32. The Hall–Kier alpha value is -2.07. The molecule has 0 radical (unpaired) electrons. The Balaban J connectivity index is 1.48. The van der Waals surface area contributed by atoms with E-state index in [9.17, 15) is 4.39 Å². The average molecular weight is 273 g/mol. The fourth-order valence-corrected chi connectivity index (χ4v) is 2.21. The van der Waals surface area contributed by atoms with Crippen LogP contribution in [0, 0.1) is 5.82 Å². The minimum atomic E-state index is -0.182. The summed E-state index contributed by atoms with van der Waals surface area (Å²) in [5, 5.41) is 3.34. The van der Waals surface area contributed by atoms with E-state index in [-0.39, 0.29) is 5.82 Å². The lowest BCUT2D eigenvalue weighted by Crippen LogP contribution is -2.16. The third-order valence-electron chi connectivity index (χ3n) is 3.25. The first-order valence-corrected chi connectivity index (χ1v) is 6.65. The number of hydrogen-bond acceptors (Lipinski definition) is 3. The fourth-order valence-electron chi connectivity index (χ4n) is 2.21. The van der Waals surface area contributed by atoms with Crippen molar-refractivity contribution in [3.05, 3.63) is 59.4 Å². The van der Waals surface area contributed by atoms with E-state index in [4.69, 9.17) is 9.47 Å². The number of hydrogen-bond donors (Lipinski definition) is 1. The molecule has 0 saturated heterocycles. The molecule has 1 aliphatic heterocycles. The van der Waals surface area contributed by atoms with Crippen LogP contribution in [0.15, 0.2) is 42.5 Å². The van der Waals surface area contributed by atoms with Gasteiger partial charge in [-0.25, -0.2) is 4.39 Å². The van der Waals surface area contributed by atoms with Crippen LogP contribution in [-0.4, -0.2) is 13.3 Å². The van der Waals surface area contributed by atoms with Gasteiger partial charge in [0.25, 0.3) is 0 Å². The van der Waals surface area contributed by atoms with Gasteiger partial charge in [-0.15, -0.1) is 0 Å². The van der Waals surface area contributed by atoms with Crippen LogP contribution in [0.4, 0.5) is 4.39 Å². The Morgan fingerprint density at radius 1 is 1.00 bits per heavy atom. The summed E-state index contributed by atoms with van der Waals surface area (Å²) < 4.78 is 23.6. The molecule has 2 aromatic rings. The van der Waals surface area contributed by atoms with Crippen molar-refractivity contribution in [1.82, 2.24) is 5.32 Å². The predicted molar refractivity (Wildman–Crippen MR) is 74.4 cm³/mol. The first-order valence-electron chi connectivity index (χ1n) is 6.65. The lowest BCUT2D eigenvalue weighted by molar-refractivity contribution is 0.174. The second kappa shape index (κ2) is 5.92. The van der Waals surface area contributed by atoms with Crippen molar-refractivity contribution in [3.63, 3.8) is 0 Å².